The van der Waals surface area contributed by atoms with Crippen molar-refractivity contribution < 1.29 is 4.74 Å². The van der Waals surface area contributed by atoms with Gasteiger partial charge < -0.3 is 15.0 Å². The van der Waals surface area contributed by atoms with Crippen LogP contribution in [0.5, 0.6) is 0 Å². The lowest BCUT2D eigenvalue weighted by Crippen LogP contribution is -2.47. The summed E-state index contributed by atoms with van der Waals surface area (Å²) in [5.41, 5.74) is 0. The lowest BCUT2D eigenvalue weighted by molar-refractivity contribution is 0.177. The highest BCUT2D eigenvalue weighted by Gasteiger charge is 2.31. The van der Waals surface area contributed by atoms with Crippen LogP contribution in [-0.2, 0) is 4.74 Å². The van der Waals surface area contributed by atoms with Crippen LogP contribution in [-0.4, -0.2) is 42.9 Å². The summed E-state index contributed by atoms with van der Waals surface area (Å²) in [4.78, 5) is 2.17. The highest BCUT2D eigenvalue weighted by atomic mass is 32.1. The van der Waals surface area contributed by atoms with Gasteiger partial charge in [0.1, 0.15) is 0 Å². The van der Waals surface area contributed by atoms with E-state index in [1.807, 2.05) is 0 Å². The summed E-state index contributed by atoms with van der Waals surface area (Å²) in [5.74, 6) is 0.840. The van der Waals surface area contributed by atoms with E-state index in [0.717, 1.165) is 11.0 Å². The molecule has 2 atom stereocenters. The largest absolute Gasteiger partial charge is 0.383 e. The minimum atomic E-state index is 0.274. The fourth-order valence-electron chi connectivity index (χ4n) is 1.68. The maximum absolute atomic E-state index is 5.35. The first-order valence-electron chi connectivity index (χ1n) is 5.58. The number of methoxy groups -OCH3 is 1. The summed E-state index contributed by atoms with van der Waals surface area (Å²) in [6.45, 7) is 5.00. The zero-order valence-corrected chi connectivity index (χ0v) is 10.9. The van der Waals surface area contributed by atoms with Gasteiger partial charge in [-0.3, -0.25) is 0 Å². The summed E-state index contributed by atoms with van der Waals surface area (Å²) in [5, 5.41) is 4.11. The van der Waals surface area contributed by atoms with Gasteiger partial charge >= 0.3 is 0 Å². The number of nitrogens with zero attached hydrogens (tertiary/aromatic N) is 1. The Labute approximate surface area is 98.2 Å². The third kappa shape index (κ3) is 3.95. The number of hydrogen-bond donors (Lipinski definition) is 1. The Hall–Kier alpha value is -0.350. The molecule has 88 valence electrons. The van der Waals surface area contributed by atoms with Crippen LogP contribution in [0.15, 0.2) is 0 Å². The molecule has 1 aliphatic rings. The molecule has 1 saturated carbocycles. The number of thiocarbonyl (C=S) groups is 1. The molecule has 0 bridgehead atoms. The van der Waals surface area contributed by atoms with E-state index in [1.165, 1.54) is 12.8 Å². The molecule has 1 rings (SSSR count). The maximum Gasteiger partial charge on any atom is 0.169 e. The van der Waals surface area contributed by atoms with Gasteiger partial charge in [-0.05, 0) is 44.8 Å². The van der Waals surface area contributed by atoms with E-state index in [4.69, 9.17) is 17.0 Å². The van der Waals surface area contributed by atoms with Gasteiger partial charge in [0, 0.05) is 26.2 Å². The van der Waals surface area contributed by atoms with Crippen molar-refractivity contribution in [2.45, 2.75) is 38.8 Å². The summed E-state index contributed by atoms with van der Waals surface area (Å²) >= 11 is 5.35. The van der Waals surface area contributed by atoms with Crippen LogP contribution in [0.3, 0.4) is 0 Å². The quantitative estimate of drug-likeness (QED) is 0.726. The third-order valence-corrected chi connectivity index (χ3v) is 3.43. The van der Waals surface area contributed by atoms with Gasteiger partial charge in [0.05, 0.1) is 6.61 Å². The summed E-state index contributed by atoms with van der Waals surface area (Å²) in [6, 6.07) is 0.830. The van der Waals surface area contributed by atoms with E-state index >= 15 is 0 Å². The second-order valence-electron chi connectivity index (χ2n) is 4.49. The molecule has 1 aliphatic carbocycles. The highest BCUT2D eigenvalue weighted by Crippen LogP contribution is 2.34. The number of ether oxygens (including phenoxy) is 1. The minimum absolute atomic E-state index is 0.274. The predicted molar refractivity (Wildman–Crippen MR) is 67.0 cm³/mol. The monoisotopic (exact) mass is 230 g/mol. The fraction of sp³-hybridized carbons (Fsp3) is 0.909. The molecule has 0 spiro atoms. The molecule has 0 aromatic carbocycles. The molecule has 0 radical (unpaired) electrons. The SMILES string of the molecule is COCC(C)NC(=S)N(C)C(C)C1CC1. The Bertz CT molecular complexity index is 219. The third-order valence-electron chi connectivity index (χ3n) is 3.02. The Kier molecular flexibility index (Phi) is 4.80. The first-order chi connectivity index (χ1) is 7.06. The van der Waals surface area contributed by atoms with Gasteiger partial charge in [0.15, 0.2) is 5.11 Å². The Balaban J connectivity index is 2.31. The van der Waals surface area contributed by atoms with Gasteiger partial charge in [-0.15, -0.1) is 0 Å². The molecule has 15 heavy (non-hydrogen) atoms. The molecule has 3 nitrogen and oxygen atoms in total. The van der Waals surface area contributed by atoms with E-state index in [0.29, 0.717) is 12.6 Å². The van der Waals surface area contributed by atoms with E-state index < -0.39 is 0 Å². The Morgan fingerprint density at radius 3 is 2.60 bits per heavy atom. The van der Waals surface area contributed by atoms with Crippen LogP contribution in [0.2, 0.25) is 0 Å². The molecule has 0 saturated heterocycles. The molecule has 0 aromatic rings. The average Bonchev–Trinajstić information content (AvgIpc) is 2.99. The zero-order chi connectivity index (χ0) is 11.4. The van der Waals surface area contributed by atoms with Crippen molar-refractivity contribution in [3.8, 4) is 0 Å². The molecule has 2 unspecified atom stereocenters. The highest BCUT2D eigenvalue weighted by molar-refractivity contribution is 7.80. The maximum atomic E-state index is 5.35. The average molecular weight is 230 g/mol. The van der Waals surface area contributed by atoms with Crippen molar-refractivity contribution in [1.29, 1.82) is 0 Å². The number of rotatable bonds is 5. The first-order valence-corrected chi connectivity index (χ1v) is 5.99. The van der Waals surface area contributed by atoms with Gasteiger partial charge in [0.2, 0.25) is 0 Å². The van der Waals surface area contributed by atoms with Crippen LogP contribution in [0.1, 0.15) is 26.7 Å². The topological polar surface area (TPSA) is 24.5 Å². The molecule has 0 amide bonds. The Morgan fingerprint density at radius 1 is 1.53 bits per heavy atom. The molecular weight excluding hydrogens is 208 g/mol. The van der Waals surface area contributed by atoms with Gasteiger partial charge in [0.25, 0.3) is 0 Å². The second-order valence-corrected chi connectivity index (χ2v) is 4.88. The normalized spacial score (nSPS) is 19.5. The van der Waals surface area contributed by atoms with Gasteiger partial charge in [-0.25, -0.2) is 0 Å². The van der Waals surface area contributed by atoms with E-state index in [1.54, 1.807) is 7.11 Å². The molecule has 1 fully saturated rings. The Morgan fingerprint density at radius 2 is 2.13 bits per heavy atom. The van der Waals surface area contributed by atoms with Crippen molar-refractivity contribution in [2.24, 2.45) is 5.92 Å². The van der Waals surface area contributed by atoms with Crippen molar-refractivity contribution >= 4 is 17.3 Å². The molecular formula is C11H22N2OS. The van der Waals surface area contributed by atoms with Gasteiger partial charge in [-0.1, -0.05) is 0 Å². The van der Waals surface area contributed by atoms with Crippen LogP contribution in [0, 0.1) is 5.92 Å². The number of nitrogens with one attached hydrogen (secondary N) is 1. The molecule has 0 aliphatic heterocycles. The number of hydrogen-bond acceptors (Lipinski definition) is 2. The van der Waals surface area contributed by atoms with Crippen LogP contribution >= 0.6 is 12.2 Å². The molecule has 4 heteroatoms. The van der Waals surface area contributed by atoms with Crippen LogP contribution in [0.25, 0.3) is 0 Å². The molecule has 0 heterocycles. The molecule has 0 aromatic heterocycles. The standard InChI is InChI=1S/C11H22N2OS/c1-8(7-14-4)12-11(15)13(3)9(2)10-5-6-10/h8-10H,5-7H2,1-4H3,(H,12,15). The molecule has 1 N–H and O–H groups in total. The fourth-order valence-corrected chi connectivity index (χ4v) is 2.05. The first kappa shape index (κ1) is 12.7. The second kappa shape index (κ2) is 5.66. The van der Waals surface area contributed by atoms with Crippen LogP contribution in [0.4, 0.5) is 0 Å². The predicted octanol–water partition coefficient (Wildman–Crippen LogP) is 1.63. The summed E-state index contributed by atoms with van der Waals surface area (Å²) < 4.78 is 5.06. The van der Waals surface area contributed by atoms with Crippen molar-refractivity contribution in [2.75, 3.05) is 20.8 Å². The van der Waals surface area contributed by atoms with Crippen molar-refractivity contribution in [3.63, 3.8) is 0 Å². The zero-order valence-electron chi connectivity index (χ0n) is 10.1. The lowest BCUT2D eigenvalue weighted by atomic mass is 10.2. The van der Waals surface area contributed by atoms with Crippen LogP contribution < -0.4 is 5.32 Å². The summed E-state index contributed by atoms with van der Waals surface area (Å²) in [7, 11) is 3.77. The van der Waals surface area contributed by atoms with E-state index in [2.05, 4.69) is 31.1 Å². The van der Waals surface area contributed by atoms with Crippen molar-refractivity contribution in [1.82, 2.24) is 10.2 Å². The van der Waals surface area contributed by atoms with Gasteiger partial charge in [-0.2, -0.15) is 0 Å². The van der Waals surface area contributed by atoms with Crippen molar-refractivity contribution in [3.05, 3.63) is 0 Å². The summed E-state index contributed by atoms with van der Waals surface area (Å²) in [6.07, 6.45) is 2.70. The smallest absolute Gasteiger partial charge is 0.169 e. The van der Waals surface area contributed by atoms with E-state index in [-0.39, 0.29) is 6.04 Å². The minimum Gasteiger partial charge on any atom is -0.383 e. The lowest BCUT2D eigenvalue weighted by Gasteiger charge is -2.29. The van der Waals surface area contributed by atoms with E-state index in [9.17, 15) is 0 Å².